The molecule has 0 atom stereocenters. The highest BCUT2D eigenvalue weighted by Gasteiger charge is 2.21. The Kier molecular flexibility index (Phi) is 8.55. The average molecular weight is 453 g/mol. The SMILES string of the molecule is CCc1ccccc1OCC1CCN(CCNC(=O)c2cnccc2N2CCOCC2)CC1. The summed E-state index contributed by atoms with van der Waals surface area (Å²) in [5, 5.41) is 3.09. The molecule has 0 spiro atoms. The number of hydrogen-bond donors (Lipinski definition) is 1. The monoisotopic (exact) mass is 452 g/mol. The van der Waals surface area contributed by atoms with Crippen molar-refractivity contribution < 1.29 is 14.3 Å². The summed E-state index contributed by atoms with van der Waals surface area (Å²) < 4.78 is 11.6. The van der Waals surface area contributed by atoms with Crippen LogP contribution in [0.4, 0.5) is 5.69 Å². The van der Waals surface area contributed by atoms with E-state index >= 15 is 0 Å². The van der Waals surface area contributed by atoms with Gasteiger partial charge in [0.05, 0.1) is 31.1 Å². The van der Waals surface area contributed by atoms with Gasteiger partial charge in [-0.2, -0.15) is 0 Å². The van der Waals surface area contributed by atoms with E-state index in [0.29, 0.717) is 31.2 Å². The molecule has 3 heterocycles. The number of piperidine rings is 1. The molecule has 0 unspecified atom stereocenters. The van der Waals surface area contributed by atoms with Crippen molar-refractivity contribution in [3.63, 3.8) is 0 Å². The molecular weight excluding hydrogens is 416 g/mol. The van der Waals surface area contributed by atoms with Crippen molar-refractivity contribution in [2.45, 2.75) is 26.2 Å². The molecule has 7 heteroatoms. The van der Waals surface area contributed by atoms with Crippen LogP contribution in [0.5, 0.6) is 5.75 Å². The second-order valence-corrected chi connectivity index (χ2v) is 8.81. The van der Waals surface area contributed by atoms with Crippen molar-refractivity contribution >= 4 is 11.6 Å². The molecular formula is C26H36N4O3. The Balaban J connectivity index is 1.18. The van der Waals surface area contributed by atoms with Crippen LogP contribution in [0.25, 0.3) is 0 Å². The quantitative estimate of drug-likeness (QED) is 0.631. The van der Waals surface area contributed by atoms with E-state index in [1.54, 1.807) is 12.4 Å². The molecule has 2 aliphatic heterocycles. The van der Waals surface area contributed by atoms with Crippen molar-refractivity contribution in [1.82, 2.24) is 15.2 Å². The van der Waals surface area contributed by atoms with Gasteiger partial charge < -0.3 is 24.6 Å². The van der Waals surface area contributed by atoms with Crippen LogP contribution in [0, 0.1) is 5.92 Å². The lowest BCUT2D eigenvalue weighted by molar-refractivity contribution is 0.0938. The van der Waals surface area contributed by atoms with Gasteiger partial charge in [-0.15, -0.1) is 0 Å². The lowest BCUT2D eigenvalue weighted by atomic mass is 9.98. The minimum atomic E-state index is -0.0533. The van der Waals surface area contributed by atoms with Crippen LogP contribution < -0.4 is 15.0 Å². The van der Waals surface area contributed by atoms with Gasteiger partial charge in [0.25, 0.3) is 5.91 Å². The molecule has 2 aliphatic rings. The maximum Gasteiger partial charge on any atom is 0.255 e. The smallest absolute Gasteiger partial charge is 0.255 e. The van der Waals surface area contributed by atoms with Crippen LogP contribution in [0.2, 0.25) is 0 Å². The molecule has 33 heavy (non-hydrogen) atoms. The molecule has 7 nitrogen and oxygen atoms in total. The normalized spacial score (nSPS) is 17.7. The Labute approximate surface area is 197 Å². The fourth-order valence-corrected chi connectivity index (χ4v) is 4.59. The second kappa shape index (κ2) is 12.0. The molecule has 2 aromatic rings. The molecule has 2 fully saturated rings. The maximum atomic E-state index is 12.8. The summed E-state index contributed by atoms with van der Waals surface area (Å²) >= 11 is 0. The number of pyridine rings is 1. The molecule has 0 aliphatic carbocycles. The van der Waals surface area contributed by atoms with Crippen molar-refractivity contribution in [2.75, 3.05) is 64.0 Å². The molecule has 1 amide bonds. The lowest BCUT2D eigenvalue weighted by Crippen LogP contribution is -2.41. The number of nitrogens with one attached hydrogen (secondary N) is 1. The summed E-state index contributed by atoms with van der Waals surface area (Å²) in [5.74, 6) is 1.56. The zero-order valence-electron chi connectivity index (χ0n) is 19.7. The van der Waals surface area contributed by atoms with Gasteiger partial charge in [-0.3, -0.25) is 9.78 Å². The molecule has 178 valence electrons. The first kappa shape index (κ1) is 23.5. The van der Waals surface area contributed by atoms with E-state index < -0.39 is 0 Å². The maximum absolute atomic E-state index is 12.8. The molecule has 1 N–H and O–H groups in total. The first-order valence-corrected chi connectivity index (χ1v) is 12.2. The number of aryl methyl sites for hydroxylation is 1. The molecule has 0 saturated carbocycles. The van der Waals surface area contributed by atoms with Gasteiger partial charge in [0.15, 0.2) is 0 Å². The predicted octanol–water partition coefficient (Wildman–Crippen LogP) is 3.00. The number of amides is 1. The molecule has 0 radical (unpaired) electrons. The lowest BCUT2D eigenvalue weighted by Gasteiger charge is -2.32. The fourth-order valence-electron chi connectivity index (χ4n) is 4.59. The van der Waals surface area contributed by atoms with E-state index in [2.05, 4.69) is 45.2 Å². The number of nitrogens with zero attached hydrogens (tertiary/aromatic N) is 3. The summed E-state index contributed by atoms with van der Waals surface area (Å²) in [4.78, 5) is 21.6. The number of ether oxygens (including phenoxy) is 2. The van der Waals surface area contributed by atoms with Crippen molar-refractivity contribution in [3.8, 4) is 5.75 Å². The van der Waals surface area contributed by atoms with Crippen LogP contribution in [-0.2, 0) is 11.2 Å². The largest absolute Gasteiger partial charge is 0.493 e. The van der Waals surface area contributed by atoms with Crippen LogP contribution >= 0.6 is 0 Å². The predicted molar refractivity (Wildman–Crippen MR) is 130 cm³/mol. The Bertz CT molecular complexity index is 893. The summed E-state index contributed by atoms with van der Waals surface area (Å²) in [6.07, 6.45) is 6.67. The highest BCUT2D eigenvalue weighted by Crippen LogP contribution is 2.23. The van der Waals surface area contributed by atoms with Crippen molar-refractivity contribution in [3.05, 3.63) is 53.9 Å². The molecule has 1 aromatic carbocycles. The van der Waals surface area contributed by atoms with E-state index in [4.69, 9.17) is 9.47 Å². The van der Waals surface area contributed by atoms with Gasteiger partial charge in [0.1, 0.15) is 5.75 Å². The van der Waals surface area contributed by atoms with E-state index in [1.807, 2.05) is 12.1 Å². The zero-order chi connectivity index (χ0) is 22.9. The van der Waals surface area contributed by atoms with Crippen molar-refractivity contribution in [2.24, 2.45) is 5.92 Å². The van der Waals surface area contributed by atoms with Crippen LogP contribution in [0.3, 0.4) is 0 Å². The van der Waals surface area contributed by atoms with Gasteiger partial charge in [-0.1, -0.05) is 25.1 Å². The minimum Gasteiger partial charge on any atom is -0.493 e. The topological polar surface area (TPSA) is 66.9 Å². The number of carbonyl (C=O) groups excluding carboxylic acids is 1. The number of benzene rings is 1. The minimum absolute atomic E-state index is 0.0533. The number of para-hydroxylation sites is 1. The number of likely N-dealkylation sites (tertiary alicyclic amines) is 1. The summed E-state index contributed by atoms with van der Waals surface area (Å²) in [6, 6.07) is 10.2. The highest BCUT2D eigenvalue weighted by molar-refractivity contribution is 5.99. The Morgan fingerprint density at radius 3 is 2.73 bits per heavy atom. The third kappa shape index (κ3) is 6.45. The summed E-state index contributed by atoms with van der Waals surface area (Å²) in [7, 11) is 0. The van der Waals surface area contributed by atoms with Gasteiger partial charge in [-0.25, -0.2) is 0 Å². The van der Waals surface area contributed by atoms with Crippen LogP contribution in [-0.4, -0.2) is 74.9 Å². The molecule has 4 rings (SSSR count). The van der Waals surface area contributed by atoms with Crippen LogP contribution in [0.15, 0.2) is 42.7 Å². The Morgan fingerprint density at radius 2 is 1.94 bits per heavy atom. The number of hydrogen-bond acceptors (Lipinski definition) is 6. The molecule has 2 saturated heterocycles. The standard InChI is InChI=1S/C26H36N4O3/c1-2-22-5-3-4-6-25(22)33-20-21-8-12-29(13-9-21)14-11-28-26(31)23-19-27-10-7-24(23)30-15-17-32-18-16-30/h3-7,10,19,21H,2,8-9,11-18,20H2,1H3,(H,28,31). The summed E-state index contributed by atoms with van der Waals surface area (Å²) in [5.41, 5.74) is 2.86. The third-order valence-corrected chi connectivity index (χ3v) is 6.64. The van der Waals surface area contributed by atoms with Gasteiger partial charge >= 0.3 is 0 Å². The van der Waals surface area contributed by atoms with Gasteiger partial charge in [-0.05, 0) is 56.0 Å². The number of rotatable bonds is 9. The molecule has 1 aromatic heterocycles. The zero-order valence-corrected chi connectivity index (χ0v) is 19.7. The highest BCUT2D eigenvalue weighted by atomic mass is 16.5. The average Bonchev–Trinajstić information content (AvgIpc) is 2.89. The Hall–Kier alpha value is -2.64. The fraction of sp³-hybridized carbons (Fsp3) is 0.538. The first-order valence-electron chi connectivity index (χ1n) is 12.2. The second-order valence-electron chi connectivity index (χ2n) is 8.81. The van der Waals surface area contributed by atoms with Gasteiger partial charge in [0, 0.05) is 38.6 Å². The number of carbonyl (C=O) groups is 1. The summed E-state index contributed by atoms with van der Waals surface area (Å²) in [6.45, 7) is 9.53. The Morgan fingerprint density at radius 1 is 1.15 bits per heavy atom. The molecule has 0 bridgehead atoms. The van der Waals surface area contributed by atoms with E-state index in [-0.39, 0.29) is 5.91 Å². The number of anilines is 1. The number of aromatic nitrogens is 1. The van der Waals surface area contributed by atoms with E-state index in [1.165, 1.54) is 5.56 Å². The van der Waals surface area contributed by atoms with Crippen molar-refractivity contribution in [1.29, 1.82) is 0 Å². The van der Waals surface area contributed by atoms with E-state index in [0.717, 1.165) is 70.0 Å². The first-order chi connectivity index (χ1) is 16.2. The van der Waals surface area contributed by atoms with Gasteiger partial charge in [0.2, 0.25) is 0 Å². The number of morpholine rings is 1. The van der Waals surface area contributed by atoms with E-state index in [9.17, 15) is 4.79 Å². The van der Waals surface area contributed by atoms with Crippen LogP contribution in [0.1, 0.15) is 35.7 Å². The third-order valence-electron chi connectivity index (χ3n) is 6.64.